The highest BCUT2D eigenvalue weighted by molar-refractivity contribution is 5.24. The third-order valence-corrected chi connectivity index (χ3v) is 11.2. The summed E-state index contributed by atoms with van der Waals surface area (Å²) in [4.78, 5) is 7.55. The van der Waals surface area contributed by atoms with Crippen LogP contribution in [0.25, 0.3) is 0 Å². The summed E-state index contributed by atoms with van der Waals surface area (Å²) in [6.45, 7) is 7.35. The molecule has 180 valence electrons. The molecule has 0 unspecified atom stereocenters. The van der Waals surface area contributed by atoms with Gasteiger partial charge in [-0.1, -0.05) is 27.2 Å². The van der Waals surface area contributed by atoms with Crippen LogP contribution in [0.3, 0.4) is 0 Å². The normalized spacial score (nSPS) is 48.2. The van der Waals surface area contributed by atoms with Gasteiger partial charge < -0.3 is 20.9 Å². The van der Waals surface area contributed by atoms with Gasteiger partial charge in [0.15, 0.2) is 0 Å². The van der Waals surface area contributed by atoms with E-state index in [2.05, 4.69) is 30.7 Å². The minimum absolute atomic E-state index is 0.167. The number of imidazole rings is 1. The van der Waals surface area contributed by atoms with Crippen molar-refractivity contribution in [2.24, 2.45) is 46.3 Å². The van der Waals surface area contributed by atoms with Crippen molar-refractivity contribution < 1.29 is 10.2 Å². The highest BCUT2D eigenvalue weighted by Crippen LogP contribution is 2.69. The summed E-state index contributed by atoms with van der Waals surface area (Å²) < 4.78 is 0. The Morgan fingerprint density at radius 2 is 1.81 bits per heavy atom. The number of rotatable bonds is 5. The predicted molar refractivity (Wildman–Crippen MR) is 128 cm³/mol. The van der Waals surface area contributed by atoms with Crippen LogP contribution in [-0.2, 0) is 6.42 Å². The largest absolute Gasteiger partial charge is 0.393 e. The van der Waals surface area contributed by atoms with Crippen LogP contribution in [0.4, 0.5) is 5.82 Å². The van der Waals surface area contributed by atoms with Crippen molar-refractivity contribution in [3.63, 3.8) is 0 Å². The lowest BCUT2D eigenvalue weighted by Gasteiger charge is -2.64. The monoisotopic (exact) mass is 443 g/mol. The third-order valence-electron chi connectivity index (χ3n) is 11.2. The van der Waals surface area contributed by atoms with Gasteiger partial charge in [-0.3, -0.25) is 0 Å². The second-order valence-electron chi connectivity index (χ2n) is 12.4. The molecule has 5 nitrogen and oxygen atoms in total. The van der Waals surface area contributed by atoms with Crippen LogP contribution in [-0.4, -0.2) is 32.4 Å². The molecular weight excluding hydrogens is 398 g/mol. The van der Waals surface area contributed by atoms with Gasteiger partial charge in [-0.2, -0.15) is 0 Å². The van der Waals surface area contributed by atoms with Crippen molar-refractivity contribution in [1.82, 2.24) is 9.97 Å². The topological polar surface area (TPSA) is 95.2 Å². The third kappa shape index (κ3) is 3.45. The number of H-pyrrole nitrogens is 1. The van der Waals surface area contributed by atoms with Gasteiger partial charge >= 0.3 is 0 Å². The van der Waals surface area contributed by atoms with Crippen molar-refractivity contribution in [2.75, 3.05) is 5.73 Å². The SMILES string of the molecule is CC[C@H]1[C@@H](O)[C@@H]2[C@H](CC[C@]3(C)[C@@H](CCCc4ncc(N)[nH]4)CC[C@@H]23)[C@@]2(C)CC[C@@H](O)C[C@@H]12. The number of aryl methyl sites for hydroxylation is 1. The number of nitrogens with zero attached hydrogens (tertiary/aromatic N) is 1. The first kappa shape index (κ1) is 22.7. The number of aromatic amines is 1. The van der Waals surface area contributed by atoms with Gasteiger partial charge in [0.05, 0.1) is 18.4 Å². The number of hydrogen-bond acceptors (Lipinski definition) is 4. The Kier molecular flexibility index (Phi) is 5.89. The molecule has 0 aliphatic heterocycles. The number of aliphatic hydroxyl groups excluding tert-OH is 2. The van der Waals surface area contributed by atoms with E-state index in [1.165, 1.54) is 32.1 Å². The summed E-state index contributed by atoms with van der Waals surface area (Å²) in [7, 11) is 0. The Morgan fingerprint density at radius 1 is 1.06 bits per heavy atom. The average Bonchev–Trinajstić information content (AvgIpc) is 3.32. The van der Waals surface area contributed by atoms with Crippen LogP contribution in [0.5, 0.6) is 0 Å². The molecule has 0 spiro atoms. The lowest BCUT2D eigenvalue weighted by atomic mass is 9.41. The minimum atomic E-state index is -0.192. The van der Waals surface area contributed by atoms with E-state index in [1.807, 2.05) is 0 Å². The molecule has 0 amide bonds. The van der Waals surface area contributed by atoms with E-state index in [0.717, 1.165) is 50.3 Å². The van der Waals surface area contributed by atoms with Crippen LogP contribution in [0.2, 0.25) is 0 Å². The maximum absolute atomic E-state index is 11.8. The summed E-state index contributed by atoms with van der Waals surface area (Å²) in [5.41, 5.74) is 6.44. The van der Waals surface area contributed by atoms with Crippen molar-refractivity contribution in [2.45, 2.75) is 104 Å². The number of fused-ring (bicyclic) bond motifs is 5. The summed E-state index contributed by atoms with van der Waals surface area (Å²) in [6.07, 6.45) is 13.9. The molecule has 4 saturated carbocycles. The van der Waals surface area contributed by atoms with Gasteiger partial charge in [0, 0.05) is 6.42 Å². The molecule has 0 saturated heterocycles. The molecule has 5 heteroatoms. The van der Waals surface area contributed by atoms with Crippen molar-refractivity contribution in [3.05, 3.63) is 12.0 Å². The first-order valence-corrected chi connectivity index (χ1v) is 13.4. The van der Waals surface area contributed by atoms with Gasteiger partial charge in [0.2, 0.25) is 0 Å². The molecule has 32 heavy (non-hydrogen) atoms. The van der Waals surface area contributed by atoms with Gasteiger partial charge in [0.1, 0.15) is 11.6 Å². The Hall–Kier alpha value is -1.07. The van der Waals surface area contributed by atoms with Crippen molar-refractivity contribution >= 4 is 5.82 Å². The van der Waals surface area contributed by atoms with Crippen LogP contribution in [0, 0.1) is 46.3 Å². The first-order chi connectivity index (χ1) is 15.3. The number of nitrogens with two attached hydrogens (primary N) is 1. The first-order valence-electron chi connectivity index (χ1n) is 13.4. The van der Waals surface area contributed by atoms with E-state index in [9.17, 15) is 10.2 Å². The fourth-order valence-electron chi connectivity index (χ4n) is 9.56. The molecule has 0 radical (unpaired) electrons. The highest BCUT2D eigenvalue weighted by Gasteiger charge is 2.64. The maximum atomic E-state index is 11.8. The smallest absolute Gasteiger partial charge is 0.120 e. The molecule has 4 aliphatic rings. The Balaban J connectivity index is 1.34. The van der Waals surface area contributed by atoms with E-state index in [0.29, 0.717) is 46.2 Å². The van der Waals surface area contributed by atoms with Crippen LogP contribution < -0.4 is 5.73 Å². The molecule has 1 heterocycles. The van der Waals surface area contributed by atoms with E-state index < -0.39 is 0 Å². The lowest BCUT2D eigenvalue weighted by Crippen LogP contribution is -2.62. The van der Waals surface area contributed by atoms with E-state index in [4.69, 9.17) is 5.73 Å². The molecule has 1 aromatic heterocycles. The summed E-state index contributed by atoms with van der Waals surface area (Å²) in [5, 5.41) is 22.2. The quantitative estimate of drug-likeness (QED) is 0.518. The number of aromatic nitrogens is 2. The zero-order valence-corrected chi connectivity index (χ0v) is 20.4. The molecule has 10 atom stereocenters. The standard InChI is InChI=1S/C27H45N3O2/c1-4-18-21-14-17(31)10-12-27(21,3)20-11-13-26(2)16(8-9-19(26)24(20)25(18)32)6-5-7-23-29-15-22(28)30-23/h15-21,24-25,31-32H,4-14,28H2,1-3H3,(H,29,30)/t16-,17+,18+,19-,20-,21-,24-,25+,26+,27+/m0/s1. The maximum Gasteiger partial charge on any atom is 0.120 e. The molecule has 1 aromatic rings. The van der Waals surface area contributed by atoms with Crippen LogP contribution in [0.1, 0.15) is 90.8 Å². The molecule has 4 aliphatic carbocycles. The lowest BCUT2D eigenvalue weighted by molar-refractivity contribution is -0.202. The van der Waals surface area contributed by atoms with Crippen molar-refractivity contribution in [3.8, 4) is 0 Å². The molecule has 5 N–H and O–H groups in total. The number of aliphatic hydroxyl groups is 2. The Bertz CT molecular complexity index is 811. The van der Waals surface area contributed by atoms with Crippen LogP contribution >= 0.6 is 0 Å². The summed E-state index contributed by atoms with van der Waals surface area (Å²) in [5.74, 6) is 4.98. The van der Waals surface area contributed by atoms with E-state index in [1.54, 1.807) is 6.20 Å². The molecule has 0 aromatic carbocycles. The average molecular weight is 444 g/mol. The second kappa shape index (κ2) is 8.30. The number of hydrogen-bond donors (Lipinski definition) is 4. The van der Waals surface area contributed by atoms with Gasteiger partial charge in [-0.15, -0.1) is 0 Å². The molecule has 4 fully saturated rings. The van der Waals surface area contributed by atoms with Gasteiger partial charge in [0.25, 0.3) is 0 Å². The summed E-state index contributed by atoms with van der Waals surface area (Å²) in [6, 6.07) is 0. The predicted octanol–water partition coefficient (Wildman–Crippen LogP) is 4.94. The number of nitrogens with one attached hydrogen (secondary N) is 1. The zero-order chi connectivity index (χ0) is 22.7. The van der Waals surface area contributed by atoms with Gasteiger partial charge in [-0.25, -0.2) is 4.98 Å². The minimum Gasteiger partial charge on any atom is -0.393 e. The van der Waals surface area contributed by atoms with E-state index >= 15 is 0 Å². The summed E-state index contributed by atoms with van der Waals surface area (Å²) >= 11 is 0. The van der Waals surface area contributed by atoms with Crippen molar-refractivity contribution in [1.29, 1.82) is 0 Å². The second-order valence-corrected chi connectivity index (χ2v) is 12.4. The number of nitrogen functional groups attached to an aromatic ring is 1. The van der Waals surface area contributed by atoms with Crippen LogP contribution in [0.15, 0.2) is 6.20 Å². The zero-order valence-electron chi connectivity index (χ0n) is 20.4. The fraction of sp³-hybridized carbons (Fsp3) is 0.889. The Labute approximate surface area is 194 Å². The van der Waals surface area contributed by atoms with E-state index in [-0.39, 0.29) is 12.2 Å². The highest BCUT2D eigenvalue weighted by atomic mass is 16.3. The molecular formula is C27H45N3O2. The molecule has 5 rings (SSSR count). The number of anilines is 1. The van der Waals surface area contributed by atoms with Gasteiger partial charge in [-0.05, 0) is 104 Å². The molecule has 0 bridgehead atoms. The Morgan fingerprint density at radius 3 is 2.53 bits per heavy atom. The fourth-order valence-corrected chi connectivity index (χ4v) is 9.56.